The van der Waals surface area contributed by atoms with Gasteiger partial charge in [0.1, 0.15) is 18.5 Å². The molecule has 1 amide bonds. The molecule has 47 heavy (non-hydrogen) atoms. The highest BCUT2D eigenvalue weighted by Crippen LogP contribution is 2.44. The maximum Gasteiger partial charge on any atom is 0.338 e. The highest BCUT2D eigenvalue weighted by Gasteiger charge is 2.58. The van der Waals surface area contributed by atoms with Crippen molar-refractivity contribution in [3.63, 3.8) is 0 Å². The van der Waals surface area contributed by atoms with Crippen molar-refractivity contribution in [3.05, 3.63) is 75.7 Å². The highest BCUT2D eigenvalue weighted by molar-refractivity contribution is 7.11. The Balaban J connectivity index is 1.52. The van der Waals surface area contributed by atoms with Crippen LogP contribution in [0.2, 0.25) is 0 Å². The summed E-state index contributed by atoms with van der Waals surface area (Å²) in [4.78, 5) is 51.5. The molecule has 0 radical (unpaired) electrons. The molecule has 3 atom stereocenters. The number of nitrogens with one attached hydrogen (secondary N) is 1. The number of halogens is 3. The van der Waals surface area contributed by atoms with Gasteiger partial charge in [-0.2, -0.15) is 0 Å². The minimum Gasteiger partial charge on any atom is -0.463 e. The number of likely N-dealkylation sites (tertiary alicyclic amines) is 2. The normalized spacial score (nSPS) is 22.8. The Labute approximate surface area is 275 Å². The van der Waals surface area contributed by atoms with Gasteiger partial charge in [0.2, 0.25) is 5.91 Å². The van der Waals surface area contributed by atoms with Gasteiger partial charge in [-0.25, -0.2) is 22.9 Å². The molecule has 1 aromatic heterocycles. The molecule has 3 aliphatic rings. The second-order valence-corrected chi connectivity index (χ2v) is 13.4. The standard InChI is InChI=1S/C33H38F3N5O5S/c1-6-12-46-31(44)32(4,5)17-41-16-24-21(14-25(41)42)33(35,36)18-40(24)15-23-26(30(43)45-7-2)27(20-9-8-10-22(34)19(20)3)39-28(38-23)29-37-11-13-47-29/h6,8-11,13,21,24,27H,1,7,12,14-18H2,2-5H3,(H,38,39)/t21-,24+,27-/m0/s1. The molecule has 0 unspecified atom stereocenters. The molecule has 2 fully saturated rings. The van der Waals surface area contributed by atoms with Gasteiger partial charge in [-0.05, 0) is 44.9 Å². The predicted molar refractivity (Wildman–Crippen MR) is 169 cm³/mol. The minimum absolute atomic E-state index is 0.00818. The summed E-state index contributed by atoms with van der Waals surface area (Å²) in [5, 5.41) is 5.41. The van der Waals surface area contributed by atoms with Crippen molar-refractivity contribution in [3.8, 4) is 0 Å². The number of fused-ring (bicyclic) bond motifs is 1. The second-order valence-electron chi connectivity index (χ2n) is 12.5. The summed E-state index contributed by atoms with van der Waals surface area (Å²) < 4.78 is 56.7. The van der Waals surface area contributed by atoms with Crippen LogP contribution < -0.4 is 5.32 Å². The van der Waals surface area contributed by atoms with Gasteiger partial charge in [-0.15, -0.1) is 11.3 Å². The first-order chi connectivity index (χ1) is 22.3. The first kappa shape index (κ1) is 34.3. The summed E-state index contributed by atoms with van der Waals surface area (Å²) >= 11 is 1.29. The van der Waals surface area contributed by atoms with Gasteiger partial charge < -0.3 is 19.7 Å². The van der Waals surface area contributed by atoms with Gasteiger partial charge in [0.05, 0.1) is 30.1 Å². The molecule has 0 aliphatic carbocycles. The lowest BCUT2D eigenvalue weighted by Crippen LogP contribution is -2.55. The number of hydrogen-bond donors (Lipinski definition) is 1. The largest absolute Gasteiger partial charge is 0.463 e. The Kier molecular flexibility index (Phi) is 9.92. The quantitative estimate of drug-likeness (QED) is 0.276. The molecule has 4 heterocycles. The Morgan fingerprint density at radius 2 is 2.04 bits per heavy atom. The smallest absolute Gasteiger partial charge is 0.338 e. The maximum atomic E-state index is 15.6. The van der Waals surface area contributed by atoms with Crippen molar-refractivity contribution in [1.29, 1.82) is 0 Å². The first-order valence-electron chi connectivity index (χ1n) is 15.3. The van der Waals surface area contributed by atoms with Crippen LogP contribution in [0, 0.1) is 24.1 Å². The van der Waals surface area contributed by atoms with Gasteiger partial charge >= 0.3 is 11.9 Å². The third-order valence-corrected chi connectivity index (χ3v) is 9.52. The van der Waals surface area contributed by atoms with Crippen molar-refractivity contribution < 1.29 is 37.0 Å². The average Bonchev–Trinajstić information content (AvgIpc) is 3.64. The number of nitrogens with zero attached hydrogens (tertiary/aromatic N) is 4. The number of aromatic nitrogens is 1. The number of thiazole rings is 1. The number of aliphatic imine (C=N–C) groups is 1. The zero-order valence-corrected chi connectivity index (χ0v) is 27.5. The molecule has 1 N–H and O–H groups in total. The highest BCUT2D eigenvalue weighted by atomic mass is 32.1. The Hall–Kier alpha value is -4.04. The summed E-state index contributed by atoms with van der Waals surface area (Å²) in [5.74, 6) is -6.38. The molecule has 0 saturated carbocycles. The molecule has 5 rings (SSSR count). The number of amides is 1. The number of hydrogen-bond acceptors (Lipinski definition) is 10. The van der Waals surface area contributed by atoms with E-state index in [0.29, 0.717) is 16.4 Å². The lowest BCUT2D eigenvalue weighted by molar-refractivity contribution is -0.157. The number of ether oxygens (including phenoxy) is 2. The number of alkyl halides is 2. The maximum absolute atomic E-state index is 15.6. The summed E-state index contributed by atoms with van der Waals surface area (Å²) in [7, 11) is 0. The van der Waals surface area contributed by atoms with Crippen LogP contribution in [0.1, 0.15) is 49.4 Å². The molecule has 14 heteroatoms. The van der Waals surface area contributed by atoms with E-state index < -0.39 is 66.0 Å². The topological polar surface area (TPSA) is 113 Å². The number of carbonyl (C=O) groups is 3. The van der Waals surface area contributed by atoms with Crippen LogP contribution in [-0.4, -0.2) is 89.8 Å². The van der Waals surface area contributed by atoms with E-state index >= 15 is 8.78 Å². The van der Waals surface area contributed by atoms with E-state index in [1.807, 2.05) is 0 Å². The van der Waals surface area contributed by atoms with E-state index in [9.17, 15) is 18.8 Å². The van der Waals surface area contributed by atoms with Crippen molar-refractivity contribution in [2.75, 3.05) is 39.4 Å². The number of piperidine rings is 1. The number of amidine groups is 1. The molecule has 10 nitrogen and oxygen atoms in total. The SMILES string of the molecule is C=CCOC(=O)C(C)(C)CN1C[C@@H]2[C@H](CC1=O)C(F)(F)CN2CC1=C(C(=O)OCC)[C@H](c2cccc(F)c2C)N=C(c2nccs2)N1. The van der Waals surface area contributed by atoms with E-state index in [-0.39, 0.29) is 49.7 Å². The van der Waals surface area contributed by atoms with E-state index in [1.165, 1.54) is 34.4 Å². The summed E-state index contributed by atoms with van der Waals surface area (Å²) in [6, 6.07) is 2.70. The number of carbonyl (C=O) groups excluding carboxylic acids is 3. The zero-order chi connectivity index (χ0) is 34.1. The second kappa shape index (κ2) is 13.6. The molecule has 0 bridgehead atoms. The molecule has 1 aromatic carbocycles. The van der Waals surface area contributed by atoms with Gasteiger partial charge in [-0.3, -0.25) is 19.5 Å². The molecule has 3 aliphatic heterocycles. The molecule has 252 valence electrons. The van der Waals surface area contributed by atoms with Crippen LogP contribution in [0.15, 0.2) is 58.7 Å². The van der Waals surface area contributed by atoms with Crippen LogP contribution in [-0.2, 0) is 23.9 Å². The van der Waals surface area contributed by atoms with Crippen LogP contribution in [0.4, 0.5) is 13.2 Å². The van der Waals surface area contributed by atoms with E-state index in [0.717, 1.165) is 0 Å². The van der Waals surface area contributed by atoms with Gasteiger partial charge in [0.25, 0.3) is 5.92 Å². The Morgan fingerprint density at radius 1 is 1.28 bits per heavy atom. The summed E-state index contributed by atoms with van der Waals surface area (Å²) in [6.07, 6.45) is 2.62. The van der Waals surface area contributed by atoms with Crippen molar-refractivity contribution in [2.24, 2.45) is 16.3 Å². The lowest BCUT2D eigenvalue weighted by atomic mass is 9.86. The molecular formula is C33H38F3N5O5S. The number of benzene rings is 1. The van der Waals surface area contributed by atoms with E-state index in [1.54, 1.807) is 50.2 Å². The Morgan fingerprint density at radius 3 is 2.72 bits per heavy atom. The molecule has 2 saturated heterocycles. The van der Waals surface area contributed by atoms with Gasteiger partial charge in [-0.1, -0.05) is 24.8 Å². The van der Waals surface area contributed by atoms with Gasteiger partial charge in [0, 0.05) is 49.4 Å². The third-order valence-electron chi connectivity index (χ3n) is 8.74. The molecular weight excluding hydrogens is 635 g/mol. The zero-order valence-electron chi connectivity index (χ0n) is 26.7. The number of esters is 2. The average molecular weight is 674 g/mol. The fraction of sp³-hybridized carbons (Fsp3) is 0.485. The van der Waals surface area contributed by atoms with Crippen LogP contribution in [0.5, 0.6) is 0 Å². The lowest BCUT2D eigenvalue weighted by Gasteiger charge is -2.41. The fourth-order valence-corrected chi connectivity index (χ4v) is 6.97. The molecule has 2 aromatic rings. The van der Waals surface area contributed by atoms with Crippen LogP contribution in [0.25, 0.3) is 0 Å². The van der Waals surface area contributed by atoms with Gasteiger partial charge in [0.15, 0.2) is 10.8 Å². The first-order valence-corrected chi connectivity index (χ1v) is 16.2. The molecule has 0 spiro atoms. The fourth-order valence-electron chi connectivity index (χ4n) is 6.38. The number of rotatable bonds is 11. The minimum atomic E-state index is -3.20. The predicted octanol–water partition coefficient (Wildman–Crippen LogP) is 4.42. The monoisotopic (exact) mass is 673 g/mol. The third kappa shape index (κ3) is 6.98. The van der Waals surface area contributed by atoms with Crippen LogP contribution in [0.3, 0.4) is 0 Å². The van der Waals surface area contributed by atoms with Crippen molar-refractivity contribution >= 4 is 35.0 Å². The van der Waals surface area contributed by atoms with Crippen molar-refractivity contribution in [2.45, 2.75) is 52.1 Å². The Bertz CT molecular complexity index is 1610. The van der Waals surface area contributed by atoms with Crippen molar-refractivity contribution in [1.82, 2.24) is 20.1 Å². The van der Waals surface area contributed by atoms with Crippen LogP contribution >= 0.6 is 11.3 Å². The summed E-state index contributed by atoms with van der Waals surface area (Å²) in [6.45, 7) is 9.20. The van der Waals surface area contributed by atoms with E-state index in [2.05, 4.69) is 16.9 Å². The van der Waals surface area contributed by atoms with E-state index in [4.69, 9.17) is 14.5 Å². The summed E-state index contributed by atoms with van der Waals surface area (Å²) in [5.41, 5.74) is -0.0538.